The molecule has 0 radical (unpaired) electrons. The molecule has 2 aromatic rings. The van der Waals surface area contributed by atoms with Gasteiger partial charge in [0.15, 0.2) is 5.96 Å². The standard InChI is InChI=1S/C18H22BrN3O2/c1-3-23-15-9-10-17(24-4-2)16(11-15)22-18(20)21-12-13-5-7-14(19)8-6-13/h5-11H,3-4,12H2,1-2H3,(H3,20,21,22). The fourth-order valence-corrected chi connectivity index (χ4v) is 2.35. The van der Waals surface area contributed by atoms with Crippen molar-refractivity contribution >= 4 is 27.6 Å². The van der Waals surface area contributed by atoms with Gasteiger partial charge in [0.25, 0.3) is 0 Å². The third-order valence-corrected chi connectivity index (χ3v) is 3.70. The Labute approximate surface area is 151 Å². The number of nitrogens with zero attached hydrogens (tertiary/aromatic N) is 1. The van der Waals surface area contributed by atoms with E-state index < -0.39 is 0 Å². The van der Waals surface area contributed by atoms with Crippen LogP contribution in [0.3, 0.4) is 0 Å². The van der Waals surface area contributed by atoms with Crippen LogP contribution < -0.4 is 20.5 Å². The number of rotatable bonds is 7. The SMILES string of the molecule is CCOc1ccc(OCC)c(NC(N)=NCc2ccc(Br)cc2)c1. The van der Waals surface area contributed by atoms with E-state index in [1.807, 2.05) is 56.3 Å². The first-order valence-corrected chi connectivity index (χ1v) is 8.62. The first-order valence-electron chi connectivity index (χ1n) is 7.83. The smallest absolute Gasteiger partial charge is 0.193 e. The highest BCUT2D eigenvalue weighted by molar-refractivity contribution is 9.10. The number of aliphatic imine (C=N–C) groups is 1. The maximum Gasteiger partial charge on any atom is 0.193 e. The molecule has 0 fully saturated rings. The van der Waals surface area contributed by atoms with Gasteiger partial charge in [-0.05, 0) is 43.7 Å². The van der Waals surface area contributed by atoms with Crippen LogP contribution in [0.15, 0.2) is 51.9 Å². The van der Waals surface area contributed by atoms with E-state index in [-0.39, 0.29) is 0 Å². The van der Waals surface area contributed by atoms with Crippen molar-refractivity contribution in [1.29, 1.82) is 0 Å². The summed E-state index contributed by atoms with van der Waals surface area (Å²) in [6.07, 6.45) is 0. The van der Waals surface area contributed by atoms with Gasteiger partial charge >= 0.3 is 0 Å². The molecule has 6 heteroatoms. The molecule has 0 aliphatic rings. The Balaban J connectivity index is 2.10. The molecule has 0 bridgehead atoms. The number of benzene rings is 2. The molecule has 0 saturated carbocycles. The Hall–Kier alpha value is -2.21. The summed E-state index contributed by atoms with van der Waals surface area (Å²) in [4.78, 5) is 4.37. The fourth-order valence-electron chi connectivity index (χ4n) is 2.09. The van der Waals surface area contributed by atoms with Crippen LogP contribution in [0.25, 0.3) is 0 Å². The highest BCUT2D eigenvalue weighted by Gasteiger charge is 2.07. The highest BCUT2D eigenvalue weighted by Crippen LogP contribution is 2.29. The van der Waals surface area contributed by atoms with Crippen molar-refractivity contribution < 1.29 is 9.47 Å². The molecule has 3 N–H and O–H groups in total. The molecular formula is C18H22BrN3O2. The molecule has 2 aromatic carbocycles. The molecule has 0 saturated heterocycles. The largest absolute Gasteiger partial charge is 0.494 e. The number of guanidine groups is 1. The Morgan fingerprint density at radius 2 is 1.79 bits per heavy atom. The molecule has 0 heterocycles. The zero-order valence-corrected chi connectivity index (χ0v) is 15.5. The number of halogens is 1. The molecule has 0 aliphatic carbocycles. The average Bonchev–Trinajstić information content (AvgIpc) is 2.57. The van der Waals surface area contributed by atoms with Gasteiger partial charge in [0.2, 0.25) is 0 Å². The maximum atomic E-state index is 6.01. The van der Waals surface area contributed by atoms with E-state index in [9.17, 15) is 0 Å². The number of nitrogens with one attached hydrogen (secondary N) is 1. The summed E-state index contributed by atoms with van der Waals surface area (Å²) in [6.45, 7) is 5.54. The second-order valence-corrected chi connectivity index (χ2v) is 5.89. The quantitative estimate of drug-likeness (QED) is 0.548. The lowest BCUT2D eigenvalue weighted by atomic mass is 10.2. The molecule has 0 spiro atoms. The van der Waals surface area contributed by atoms with Crippen LogP contribution in [0.2, 0.25) is 0 Å². The summed E-state index contributed by atoms with van der Waals surface area (Å²) in [5.41, 5.74) is 7.82. The topological polar surface area (TPSA) is 68.9 Å². The Morgan fingerprint density at radius 3 is 2.46 bits per heavy atom. The zero-order valence-electron chi connectivity index (χ0n) is 13.9. The van der Waals surface area contributed by atoms with Crippen molar-refractivity contribution in [3.8, 4) is 11.5 Å². The van der Waals surface area contributed by atoms with Crippen LogP contribution >= 0.6 is 15.9 Å². The van der Waals surface area contributed by atoms with Gasteiger partial charge < -0.3 is 20.5 Å². The van der Waals surface area contributed by atoms with Gasteiger partial charge in [0.1, 0.15) is 11.5 Å². The predicted octanol–water partition coefficient (Wildman–Crippen LogP) is 4.17. The van der Waals surface area contributed by atoms with Crippen molar-refractivity contribution in [2.45, 2.75) is 20.4 Å². The van der Waals surface area contributed by atoms with Gasteiger partial charge in [0, 0.05) is 10.5 Å². The highest BCUT2D eigenvalue weighted by atomic mass is 79.9. The van der Waals surface area contributed by atoms with E-state index in [1.165, 1.54) is 0 Å². The summed E-state index contributed by atoms with van der Waals surface area (Å²) >= 11 is 3.41. The van der Waals surface area contributed by atoms with E-state index in [1.54, 1.807) is 0 Å². The minimum Gasteiger partial charge on any atom is -0.494 e. The first kappa shape index (κ1) is 18.1. The van der Waals surface area contributed by atoms with Crippen LogP contribution in [0, 0.1) is 0 Å². The van der Waals surface area contributed by atoms with Gasteiger partial charge in [-0.25, -0.2) is 4.99 Å². The number of hydrogen-bond acceptors (Lipinski definition) is 3. The van der Waals surface area contributed by atoms with E-state index in [4.69, 9.17) is 15.2 Å². The summed E-state index contributed by atoms with van der Waals surface area (Å²) in [5, 5.41) is 3.09. The first-order chi connectivity index (χ1) is 11.6. The third-order valence-electron chi connectivity index (χ3n) is 3.17. The number of ether oxygens (including phenoxy) is 2. The van der Waals surface area contributed by atoms with Crippen LogP contribution in [0.5, 0.6) is 11.5 Å². The van der Waals surface area contributed by atoms with E-state index in [2.05, 4.69) is 26.2 Å². The summed E-state index contributed by atoms with van der Waals surface area (Å²) in [7, 11) is 0. The molecule has 5 nitrogen and oxygen atoms in total. The average molecular weight is 392 g/mol. The van der Waals surface area contributed by atoms with Crippen molar-refractivity contribution in [2.24, 2.45) is 10.7 Å². The molecule has 0 atom stereocenters. The van der Waals surface area contributed by atoms with E-state index in [0.717, 1.165) is 21.5 Å². The predicted molar refractivity (Wildman–Crippen MR) is 102 cm³/mol. The molecule has 128 valence electrons. The second-order valence-electron chi connectivity index (χ2n) is 4.98. The lowest BCUT2D eigenvalue weighted by molar-refractivity contribution is 0.332. The van der Waals surface area contributed by atoms with Gasteiger partial charge in [0.05, 0.1) is 25.4 Å². The summed E-state index contributed by atoms with van der Waals surface area (Å²) in [6, 6.07) is 13.6. The van der Waals surface area contributed by atoms with Gasteiger partial charge in [-0.15, -0.1) is 0 Å². The van der Waals surface area contributed by atoms with Crippen LogP contribution in [0.4, 0.5) is 5.69 Å². The van der Waals surface area contributed by atoms with E-state index >= 15 is 0 Å². The van der Waals surface area contributed by atoms with Crippen LogP contribution in [-0.2, 0) is 6.54 Å². The van der Waals surface area contributed by atoms with E-state index in [0.29, 0.717) is 31.5 Å². The molecule has 0 aliphatic heterocycles. The maximum absolute atomic E-state index is 6.01. The van der Waals surface area contributed by atoms with Gasteiger partial charge in [-0.1, -0.05) is 28.1 Å². The molecule has 2 rings (SSSR count). The molecular weight excluding hydrogens is 370 g/mol. The number of nitrogens with two attached hydrogens (primary N) is 1. The minimum absolute atomic E-state index is 0.326. The monoisotopic (exact) mass is 391 g/mol. The Kier molecular flexibility index (Phi) is 6.93. The lowest BCUT2D eigenvalue weighted by Crippen LogP contribution is -2.23. The lowest BCUT2D eigenvalue weighted by Gasteiger charge is -2.14. The van der Waals surface area contributed by atoms with Crippen LogP contribution in [-0.4, -0.2) is 19.2 Å². The molecule has 0 aromatic heterocycles. The van der Waals surface area contributed by atoms with Crippen molar-refractivity contribution in [3.63, 3.8) is 0 Å². The zero-order chi connectivity index (χ0) is 17.4. The van der Waals surface area contributed by atoms with Gasteiger partial charge in [-0.3, -0.25) is 0 Å². The fraction of sp³-hybridized carbons (Fsp3) is 0.278. The Bertz CT molecular complexity index is 687. The van der Waals surface area contributed by atoms with Crippen LogP contribution in [0.1, 0.15) is 19.4 Å². The minimum atomic E-state index is 0.326. The third kappa shape index (κ3) is 5.45. The van der Waals surface area contributed by atoms with Crippen molar-refractivity contribution in [2.75, 3.05) is 18.5 Å². The summed E-state index contributed by atoms with van der Waals surface area (Å²) < 4.78 is 12.2. The molecule has 24 heavy (non-hydrogen) atoms. The second kappa shape index (κ2) is 9.17. The molecule has 0 amide bonds. The van der Waals surface area contributed by atoms with Gasteiger partial charge in [-0.2, -0.15) is 0 Å². The molecule has 0 unspecified atom stereocenters. The number of hydrogen-bond donors (Lipinski definition) is 2. The Morgan fingerprint density at radius 1 is 1.08 bits per heavy atom. The van der Waals surface area contributed by atoms with Crippen molar-refractivity contribution in [3.05, 3.63) is 52.5 Å². The normalized spacial score (nSPS) is 11.2. The van der Waals surface area contributed by atoms with Crippen molar-refractivity contribution in [1.82, 2.24) is 0 Å². The number of anilines is 1. The summed E-state index contributed by atoms with van der Waals surface area (Å²) in [5.74, 6) is 1.79.